The van der Waals surface area contributed by atoms with E-state index in [1.165, 1.54) is 0 Å². The zero-order chi connectivity index (χ0) is 2.71. The fourth-order valence-corrected chi connectivity index (χ4v) is 0. The van der Waals surface area contributed by atoms with Crippen LogP contribution < -0.4 is 0 Å². The van der Waals surface area contributed by atoms with E-state index in [-0.39, 0.29) is 24.0 Å². The first kappa shape index (κ1) is 8.87. The van der Waals surface area contributed by atoms with Crippen LogP contribution in [0.3, 0.4) is 0 Å². The van der Waals surface area contributed by atoms with Gasteiger partial charge in [0.2, 0.25) is 0 Å². The van der Waals surface area contributed by atoms with E-state index in [9.17, 15) is 0 Å². The Labute approximate surface area is 55.5 Å². The van der Waals surface area contributed by atoms with Crippen molar-refractivity contribution in [2.45, 2.75) is 0 Å². The average molecular weight is 281 g/mol. The Bertz CT molecular complexity index is 27.5. The van der Waals surface area contributed by atoms with Crippen LogP contribution in [0.15, 0.2) is 0 Å². The molecule has 0 spiro atoms. The van der Waals surface area contributed by atoms with Gasteiger partial charge in [-0.05, 0) is 0 Å². The Morgan fingerprint density at radius 2 is 1.75 bits per heavy atom. The highest BCUT2D eigenvalue weighted by Crippen LogP contribution is 1.60. The molecule has 0 aliphatic carbocycles. The van der Waals surface area contributed by atoms with Crippen molar-refractivity contribution >= 4 is 46.6 Å². The van der Waals surface area contributed by atoms with Crippen molar-refractivity contribution in [3.8, 4) is 4.08 Å². The second-order valence-electron chi connectivity index (χ2n) is 0.0845. The molecule has 0 unspecified atom stereocenters. The van der Waals surface area contributed by atoms with Crippen LogP contribution in [-0.2, 0) is 0 Å². The summed E-state index contributed by atoms with van der Waals surface area (Å²) in [7, 11) is 0. The smallest absolute Gasteiger partial charge is 0.134 e. The van der Waals surface area contributed by atoms with Crippen molar-refractivity contribution in [3.63, 3.8) is 0 Å². The molecule has 24 valence electrons. The maximum Gasteiger partial charge on any atom is 0.134 e. The van der Waals surface area contributed by atoms with E-state index in [1.807, 2.05) is 0 Å². The molecule has 0 N–H and O–H groups in total. The van der Waals surface area contributed by atoms with Crippen LogP contribution in [0.5, 0.6) is 0 Å². The first-order chi connectivity index (χ1) is 1.41. The molecule has 0 amide bonds. The fourth-order valence-electron chi connectivity index (χ4n) is 0. The van der Waals surface area contributed by atoms with Crippen LogP contribution in [0.25, 0.3) is 0 Å². The number of halogens is 2. The summed E-state index contributed by atoms with van der Waals surface area (Å²) in [6.45, 7) is 0. The summed E-state index contributed by atoms with van der Waals surface area (Å²) < 4.78 is 1.72. The quantitative estimate of drug-likeness (QED) is 0.617. The standard InChI is InChI=1S/CIN.HI/c2-1-3;/h;1H. The minimum absolute atomic E-state index is 0. The SMILES string of the molecule is I.N#CI. The Hall–Kier alpha value is 0.950. The van der Waals surface area contributed by atoms with Crippen LogP contribution in [-0.4, -0.2) is 0 Å². The van der Waals surface area contributed by atoms with Gasteiger partial charge in [0.1, 0.15) is 4.08 Å². The zero-order valence-corrected chi connectivity index (χ0v) is 6.22. The lowest BCUT2D eigenvalue weighted by Crippen LogP contribution is -0.913. The number of rotatable bonds is 0. The molecule has 0 bridgehead atoms. The second kappa shape index (κ2) is 9.04. The molecule has 0 saturated carbocycles. The summed E-state index contributed by atoms with van der Waals surface area (Å²) in [5.41, 5.74) is 0. The van der Waals surface area contributed by atoms with E-state index in [4.69, 9.17) is 5.26 Å². The van der Waals surface area contributed by atoms with Gasteiger partial charge in [-0.25, -0.2) is 0 Å². The lowest BCUT2D eigenvalue weighted by Gasteiger charge is -1.10. The highest BCUT2D eigenvalue weighted by atomic mass is 127. The predicted molar refractivity (Wildman–Crippen MR) is 35.0 cm³/mol. The van der Waals surface area contributed by atoms with E-state index >= 15 is 0 Å². The van der Waals surface area contributed by atoms with E-state index in [0.29, 0.717) is 0 Å². The van der Waals surface area contributed by atoms with Gasteiger partial charge in [-0.2, -0.15) is 5.26 Å². The zero-order valence-electron chi connectivity index (χ0n) is 1.73. The molecule has 0 aromatic heterocycles. The molecule has 0 heterocycles. The van der Waals surface area contributed by atoms with Crippen molar-refractivity contribution in [2.75, 3.05) is 0 Å². The second-order valence-corrected chi connectivity index (χ2v) is 0.567. The lowest BCUT2D eigenvalue weighted by molar-refractivity contribution is 1.58. The number of nitriles is 1. The van der Waals surface area contributed by atoms with Crippen molar-refractivity contribution < 1.29 is 0 Å². The Balaban J connectivity index is 0. The maximum absolute atomic E-state index is 7.31. The molecule has 0 radical (unpaired) electrons. The number of hydrogen-bond acceptors (Lipinski definition) is 1. The van der Waals surface area contributed by atoms with Gasteiger partial charge < -0.3 is 0 Å². The third-order valence-electron chi connectivity index (χ3n) is 0. The fraction of sp³-hybridized carbons (Fsp3) is 0. The van der Waals surface area contributed by atoms with Gasteiger partial charge in [-0.3, -0.25) is 0 Å². The van der Waals surface area contributed by atoms with Gasteiger partial charge in [0, 0.05) is 0 Å². The predicted octanol–water partition coefficient (Wildman–Crippen LogP) is 1.52. The normalized spacial score (nSPS) is 2.00. The molecule has 0 saturated heterocycles. The molecular weight excluding hydrogens is 280 g/mol. The number of nitrogens with zero attached hydrogens (tertiary/aromatic N) is 1. The maximum atomic E-state index is 7.31. The Morgan fingerprint density at radius 1 is 1.75 bits per heavy atom. The molecule has 0 fully saturated rings. The highest BCUT2D eigenvalue weighted by molar-refractivity contribution is 14.1. The van der Waals surface area contributed by atoms with Gasteiger partial charge in [-0.1, -0.05) is 0 Å². The van der Waals surface area contributed by atoms with Gasteiger partial charge in [-0.15, -0.1) is 24.0 Å². The first-order valence-electron chi connectivity index (χ1n) is 0.413. The van der Waals surface area contributed by atoms with Crippen LogP contribution in [0.4, 0.5) is 0 Å². The average Bonchev–Trinajstić information content (AvgIpc) is 0.918. The van der Waals surface area contributed by atoms with Gasteiger partial charge >= 0.3 is 0 Å². The molecule has 0 aliphatic rings. The van der Waals surface area contributed by atoms with E-state index in [0.717, 1.165) is 0 Å². The monoisotopic (exact) mass is 281 g/mol. The van der Waals surface area contributed by atoms with Crippen molar-refractivity contribution in [1.29, 1.82) is 5.26 Å². The topological polar surface area (TPSA) is 23.8 Å². The Kier molecular flexibility index (Phi) is 20.1. The lowest BCUT2D eigenvalue weighted by atomic mass is 11.8. The highest BCUT2D eigenvalue weighted by Gasteiger charge is 1.22. The summed E-state index contributed by atoms with van der Waals surface area (Å²) in [5.74, 6) is 0. The molecule has 0 atom stereocenters. The summed E-state index contributed by atoms with van der Waals surface area (Å²) in [6, 6.07) is 0. The molecule has 0 aliphatic heterocycles. The molecular formula is CHI2N. The summed E-state index contributed by atoms with van der Waals surface area (Å²) in [4.78, 5) is 0. The molecule has 1 nitrogen and oxygen atoms in total. The summed E-state index contributed by atoms with van der Waals surface area (Å²) in [5, 5.41) is 7.31. The largest absolute Gasteiger partial charge is 0.186 e. The van der Waals surface area contributed by atoms with Gasteiger partial charge in [0.25, 0.3) is 0 Å². The first-order valence-corrected chi connectivity index (χ1v) is 1.49. The van der Waals surface area contributed by atoms with Gasteiger partial charge in [0.05, 0.1) is 22.6 Å². The van der Waals surface area contributed by atoms with Crippen LogP contribution in [0.1, 0.15) is 0 Å². The van der Waals surface area contributed by atoms with Crippen molar-refractivity contribution in [3.05, 3.63) is 0 Å². The van der Waals surface area contributed by atoms with Crippen LogP contribution in [0.2, 0.25) is 0 Å². The third kappa shape index (κ3) is 12.4. The van der Waals surface area contributed by atoms with Crippen molar-refractivity contribution in [2.24, 2.45) is 0 Å². The minimum Gasteiger partial charge on any atom is -0.186 e. The molecule has 0 rings (SSSR count). The Morgan fingerprint density at radius 3 is 1.75 bits per heavy atom. The summed E-state index contributed by atoms with van der Waals surface area (Å²) >= 11 is 1.59. The third-order valence-corrected chi connectivity index (χ3v) is 0. The summed E-state index contributed by atoms with van der Waals surface area (Å²) in [6.07, 6.45) is 0. The minimum atomic E-state index is 0. The van der Waals surface area contributed by atoms with E-state index in [1.54, 1.807) is 26.7 Å². The molecule has 4 heavy (non-hydrogen) atoms. The van der Waals surface area contributed by atoms with Crippen LogP contribution in [0, 0.1) is 9.34 Å². The van der Waals surface area contributed by atoms with Crippen LogP contribution >= 0.6 is 46.6 Å². The molecule has 0 aromatic rings. The van der Waals surface area contributed by atoms with Crippen molar-refractivity contribution in [1.82, 2.24) is 0 Å². The molecule has 0 aromatic carbocycles. The molecule has 3 heteroatoms. The van der Waals surface area contributed by atoms with E-state index < -0.39 is 0 Å². The van der Waals surface area contributed by atoms with E-state index in [2.05, 4.69) is 0 Å². The number of hydrogen-bond donors (Lipinski definition) is 0. The van der Waals surface area contributed by atoms with Gasteiger partial charge in [0.15, 0.2) is 0 Å².